The smallest absolute Gasteiger partial charge is 0.244 e. The van der Waals surface area contributed by atoms with Crippen molar-refractivity contribution in [3.8, 4) is 0 Å². The van der Waals surface area contributed by atoms with Gasteiger partial charge in [-0.05, 0) is 18.4 Å². The minimum Gasteiger partial charge on any atom is -0.391 e. The van der Waals surface area contributed by atoms with E-state index in [1.165, 1.54) is 0 Å². The summed E-state index contributed by atoms with van der Waals surface area (Å²) in [6.07, 6.45) is 3.28. The van der Waals surface area contributed by atoms with Crippen LogP contribution in [0.4, 0.5) is 0 Å². The fraction of sp³-hybridized carbons (Fsp3) is 0.533. The number of aliphatic hydroxyl groups is 1. The first-order chi connectivity index (χ1) is 9.11. The summed E-state index contributed by atoms with van der Waals surface area (Å²) in [5.74, 6) is -0.128. The third-order valence-corrected chi connectivity index (χ3v) is 3.96. The van der Waals surface area contributed by atoms with Crippen LogP contribution in [-0.4, -0.2) is 35.1 Å². The largest absolute Gasteiger partial charge is 0.391 e. The Labute approximate surface area is 114 Å². The van der Waals surface area contributed by atoms with E-state index in [1.54, 1.807) is 11.9 Å². The zero-order chi connectivity index (χ0) is 13.8. The molecule has 0 radical (unpaired) electrons. The monoisotopic (exact) mass is 262 g/mol. The molecule has 1 fully saturated rings. The van der Waals surface area contributed by atoms with E-state index in [4.69, 9.17) is 5.73 Å². The van der Waals surface area contributed by atoms with Crippen LogP contribution in [0.25, 0.3) is 0 Å². The highest BCUT2D eigenvalue weighted by Crippen LogP contribution is 2.24. The normalized spacial score (nSPS) is 24.8. The van der Waals surface area contributed by atoms with Crippen LogP contribution in [0.1, 0.15) is 37.3 Å². The first-order valence-electron chi connectivity index (χ1n) is 6.86. The van der Waals surface area contributed by atoms with Gasteiger partial charge in [0.25, 0.3) is 0 Å². The van der Waals surface area contributed by atoms with Gasteiger partial charge in [-0.25, -0.2) is 0 Å². The number of aliphatic hydroxyl groups excluding tert-OH is 1. The van der Waals surface area contributed by atoms with Gasteiger partial charge in [0.05, 0.1) is 12.1 Å². The van der Waals surface area contributed by atoms with Crippen LogP contribution in [-0.2, 0) is 4.79 Å². The maximum Gasteiger partial charge on any atom is 0.244 e. The number of carbonyl (C=O) groups is 1. The van der Waals surface area contributed by atoms with Crippen molar-refractivity contribution in [2.24, 2.45) is 5.73 Å². The number of nitrogens with two attached hydrogens (primary N) is 1. The number of rotatable bonds is 3. The Morgan fingerprint density at radius 1 is 1.32 bits per heavy atom. The number of amides is 1. The highest BCUT2D eigenvalue weighted by molar-refractivity contribution is 5.83. The highest BCUT2D eigenvalue weighted by atomic mass is 16.3. The van der Waals surface area contributed by atoms with E-state index in [9.17, 15) is 9.90 Å². The lowest BCUT2D eigenvalue weighted by Gasteiger charge is -2.36. The van der Waals surface area contributed by atoms with Gasteiger partial charge >= 0.3 is 0 Å². The number of carbonyl (C=O) groups excluding carboxylic acids is 1. The number of likely N-dealkylation sites (N-methyl/N-ethyl adjacent to an activating group) is 1. The Morgan fingerprint density at radius 3 is 2.58 bits per heavy atom. The van der Waals surface area contributed by atoms with Crippen LogP contribution in [0, 0.1) is 0 Å². The molecule has 0 saturated heterocycles. The van der Waals surface area contributed by atoms with E-state index in [2.05, 4.69) is 0 Å². The molecule has 0 bridgehead atoms. The molecule has 4 heteroatoms. The van der Waals surface area contributed by atoms with Crippen LogP contribution >= 0.6 is 0 Å². The minimum absolute atomic E-state index is 0.101. The van der Waals surface area contributed by atoms with Gasteiger partial charge in [-0.1, -0.05) is 43.2 Å². The van der Waals surface area contributed by atoms with Crippen LogP contribution < -0.4 is 5.73 Å². The molecule has 0 spiro atoms. The molecule has 0 aromatic heterocycles. The predicted octanol–water partition coefficient (Wildman–Crippen LogP) is 1.45. The van der Waals surface area contributed by atoms with Crippen molar-refractivity contribution >= 4 is 5.91 Å². The van der Waals surface area contributed by atoms with Crippen molar-refractivity contribution in [1.82, 2.24) is 4.90 Å². The first-order valence-corrected chi connectivity index (χ1v) is 6.86. The van der Waals surface area contributed by atoms with Crippen molar-refractivity contribution in [2.45, 2.75) is 43.9 Å². The molecule has 19 heavy (non-hydrogen) atoms. The molecule has 104 valence electrons. The van der Waals surface area contributed by atoms with Gasteiger partial charge in [-0.3, -0.25) is 4.79 Å². The fourth-order valence-corrected chi connectivity index (χ4v) is 2.73. The average Bonchev–Trinajstić information content (AvgIpc) is 2.46. The molecule has 1 aliphatic rings. The number of hydrogen-bond acceptors (Lipinski definition) is 3. The van der Waals surface area contributed by atoms with Crippen LogP contribution in [0.15, 0.2) is 30.3 Å². The van der Waals surface area contributed by atoms with E-state index < -0.39 is 12.1 Å². The van der Waals surface area contributed by atoms with Gasteiger partial charge in [0.15, 0.2) is 0 Å². The van der Waals surface area contributed by atoms with Crippen molar-refractivity contribution < 1.29 is 9.90 Å². The second kappa shape index (κ2) is 6.17. The van der Waals surface area contributed by atoms with Crippen molar-refractivity contribution in [2.75, 3.05) is 7.05 Å². The Balaban J connectivity index is 2.06. The molecule has 1 amide bonds. The lowest BCUT2D eigenvalue weighted by atomic mass is 9.91. The van der Waals surface area contributed by atoms with E-state index >= 15 is 0 Å². The highest BCUT2D eigenvalue weighted by Gasteiger charge is 2.31. The molecule has 1 aromatic rings. The maximum atomic E-state index is 12.4. The summed E-state index contributed by atoms with van der Waals surface area (Å²) in [5.41, 5.74) is 6.83. The van der Waals surface area contributed by atoms with Crippen molar-refractivity contribution in [3.63, 3.8) is 0 Å². The maximum absolute atomic E-state index is 12.4. The molecule has 3 atom stereocenters. The first kappa shape index (κ1) is 14.0. The van der Waals surface area contributed by atoms with Gasteiger partial charge in [-0.15, -0.1) is 0 Å². The van der Waals surface area contributed by atoms with Crippen molar-refractivity contribution in [1.29, 1.82) is 0 Å². The standard InChI is InChI=1S/C15H22N2O2/c1-17(12-9-5-6-10-13(12)18)15(19)14(16)11-7-3-2-4-8-11/h2-4,7-8,12-14,18H,5-6,9-10,16H2,1H3/t12?,13?,14-/m0/s1. The number of hydrogen-bond donors (Lipinski definition) is 2. The van der Waals surface area contributed by atoms with Gasteiger partial charge in [0.1, 0.15) is 6.04 Å². The quantitative estimate of drug-likeness (QED) is 0.866. The second-order valence-corrected chi connectivity index (χ2v) is 5.26. The summed E-state index contributed by atoms with van der Waals surface area (Å²) in [7, 11) is 1.74. The number of nitrogens with zero attached hydrogens (tertiary/aromatic N) is 1. The molecule has 0 aliphatic heterocycles. The van der Waals surface area contributed by atoms with Crippen molar-refractivity contribution in [3.05, 3.63) is 35.9 Å². The topological polar surface area (TPSA) is 66.6 Å². The molecule has 1 saturated carbocycles. The molecule has 1 aliphatic carbocycles. The van der Waals surface area contributed by atoms with Crippen LogP contribution in [0.3, 0.4) is 0 Å². The Morgan fingerprint density at radius 2 is 1.95 bits per heavy atom. The molecule has 2 unspecified atom stereocenters. The van der Waals surface area contributed by atoms with Gasteiger partial charge in [0.2, 0.25) is 5.91 Å². The Kier molecular flexibility index (Phi) is 4.56. The lowest BCUT2D eigenvalue weighted by molar-refractivity contribution is -0.136. The third-order valence-electron chi connectivity index (χ3n) is 3.96. The van der Waals surface area contributed by atoms with Crippen LogP contribution in [0.5, 0.6) is 0 Å². The SMILES string of the molecule is CN(C(=O)[C@@H](N)c1ccccc1)C1CCCCC1O. The Hall–Kier alpha value is -1.39. The molecule has 4 nitrogen and oxygen atoms in total. The number of benzene rings is 1. The molecule has 1 aromatic carbocycles. The Bertz CT molecular complexity index is 421. The molecule has 2 rings (SSSR count). The fourth-order valence-electron chi connectivity index (χ4n) is 2.73. The van der Waals surface area contributed by atoms with E-state index in [-0.39, 0.29) is 11.9 Å². The zero-order valence-electron chi connectivity index (χ0n) is 11.3. The van der Waals surface area contributed by atoms with Gasteiger partial charge in [0, 0.05) is 7.05 Å². The second-order valence-electron chi connectivity index (χ2n) is 5.26. The van der Waals surface area contributed by atoms with E-state index in [0.717, 1.165) is 31.2 Å². The zero-order valence-corrected chi connectivity index (χ0v) is 11.3. The summed E-state index contributed by atoms with van der Waals surface area (Å²) >= 11 is 0. The molecular weight excluding hydrogens is 240 g/mol. The summed E-state index contributed by atoms with van der Waals surface area (Å²) in [4.78, 5) is 14.0. The summed E-state index contributed by atoms with van der Waals surface area (Å²) in [6, 6.07) is 8.60. The van der Waals surface area contributed by atoms with Gasteiger partial charge in [-0.2, -0.15) is 0 Å². The third kappa shape index (κ3) is 3.14. The van der Waals surface area contributed by atoms with E-state index in [1.807, 2.05) is 30.3 Å². The summed E-state index contributed by atoms with van der Waals surface area (Å²) < 4.78 is 0. The van der Waals surface area contributed by atoms with Gasteiger partial charge < -0.3 is 15.7 Å². The molecular formula is C15H22N2O2. The minimum atomic E-state index is -0.652. The molecule has 3 N–H and O–H groups in total. The predicted molar refractivity (Wildman–Crippen MR) is 74.4 cm³/mol. The lowest BCUT2D eigenvalue weighted by Crippen LogP contribution is -2.49. The molecule has 0 heterocycles. The van der Waals surface area contributed by atoms with Crippen LogP contribution in [0.2, 0.25) is 0 Å². The van der Waals surface area contributed by atoms with E-state index in [0.29, 0.717) is 0 Å². The summed E-state index contributed by atoms with van der Waals surface area (Å²) in [6.45, 7) is 0. The summed E-state index contributed by atoms with van der Waals surface area (Å²) in [5, 5.41) is 10.0. The average molecular weight is 262 g/mol.